The Balaban J connectivity index is 2.00. The van der Waals surface area contributed by atoms with Crippen molar-refractivity contribution in [1.82, 2.24) is 10.6 Å². The Labute approximate surface area is 143 Å². The van der Waals surface area contributed by atoms with Crippen LogP contribution in [0.2, 0.25) is 5.02 Å². The molecule has 1 fully saturated rings. The van der Waals surface area contributed by atoms with Gasteiger partial charge in [-0.05, 0) is 38.8 Å². The number of nitrogens with zero attached hydrogens (tertiary/aromatic N) is 1. The molecule has 1 aliphatic rings. The summed E-state index contributed by atoms with van der Waals surface area (Å²) in [5, 5.41) is 7.29. The van der Waals surface area contributed by atoms with Crippen LogP contribution in [0.15, 0.2) is 23.2 Å². The van der Waals surface area contributed by atoms with Gasteiger partial charge in [-0.3, -0.25) is 0 Å². The first-order valence-corrected chi connectivity index (χ1v) is 8.42. The van der Waals surface area contributed by atoms with Crippen LogP contribution in [0.25, 0.3) is 0 Å². The van der Waals surface area contributed by atoms with Gasteiger partial charge in [0.2, 0.25) is 0 Å². The van der Waals surface area contributed by atoms with Crippen LogP contribution in [0, 0.1) is 0 Å². The third-order valence-electron chi connectivity index (χ3n) is 3.93. The number of rotatable bonds is 6. The number of benzene rings is 1. The summed E-state index contributed by atoms with van der Waals surface area (Å²) in [4.78, 5) is 4.63. The van der Waals surface area contributed by atoms with E-state index in [1.165, 1.54) is 0 Å². The molecule has 6 heteroatoms. The maximum absolute atomic E-state index is 5.99. The number of hydrogen-bond donors (Lipinski definition) is 2. The van der Waals surface area contributed by atoms with Crippen LogP contribution < -0.4 is 15.4 Å². The zero-order valence-electron chi connectivity index (χ0n) is 14.1. The molecule has 2 N–H and O–H groups in total. The van der Waals surface area contributed by atoms with Gasteiger partial charge in [0.05, 0.1) is 19.3 Å². The summed E-state index contributed by atoms with van der Waals surface area (Å²) in [6.45, 7) is 7.10. The summed E-state index contributed by atoms with van der Waals surface area (Å²) in [6, 6.07) is 5.60. The molecule has 1 aliphatic heterocycles. The number of ether oxygens (including phenoxy) is 2. The van der Waals surface area contributed by atoms with Crippen molar-refractivity contribution in [3.8, 4) is 5.75 Å². The second kappa shape index (κ2) is 8.41. The van der Waals surface area contributed by atoms with Crippen LogP contribution in [-0.2, 0) is 11.3 Å². The van der Waals surface area contributed by atoms with Crippen molar-refractivity contribution in [3.05, 3.63) is 28.8 Å². The molecular weight excluding hydrogens is 314 g/mol. The van der Waals surface area contributed by atoms with Crippen LogP contribution in [0.1, 0.15) is 32.3 Å². The van der Waals surface area contributed by atoms with Gasteiger partial charge in [0.15, 0.2) is 5.96 Å². The Morgan fingerprint density at radius 2 is 2.26 bits per heavy atom. The third-order valence-corrected chi connectivity index (χ3v) is 4.17. The maximum atomic E-state index is 5.99. The van der Waals surface area contributed by atoms with Crippen molar-refractivity contribution in [2.24, 2.45) is 4.99 Å². The monoisotopic (exact) mass is 339 g/mol. The molecule has 0 radical (unpaired) electrons. The van der Waals surface area contributed by atoms with Crippen molar-refractivity contribution in [1.29, 1.82) is 0 Å². The molecule has 0 bridgehead atoms. The van der Waals surface area contributed by atoms with E-state index in [1.54, 1.807) is 13.2 Å². The number of aliphatic imine (C=N–C) groups is 1. The van der Waals surface area contributed by atoms with E-state index in [1.807, 2.05) is 19.1 Å². The van der Waals surface area contributed by atoms with Gasteiger partial charge >= 0.3 is 0 Å². The lowest BCUT2D eigenvalue weighted by molar-refractivity contribution is 0.0243. The average Bonchev–Trinajstić information content (AvgIpc) is 2.98. The molecule has 5 nitrogen and oxygen atoms in total. The summed E-state index contributed by atoms with van der Waals surface area (Å²) < 4.78 is 11.2. The van der Waals surface area contributed by atoms with Crippen LogP contribution >= 0.6 is 11.6 Å². The van der Waals surface area contributed by atoms with E-state index in [4.69, 9.17) is 21.1 Å². The Morgan fingerprint density at radius 1 is 1.43 bits per heavy atom. The number of guanidine groups is 1. The van der Waals surface area contributed by atoms with Crippen molar-refractivity contribution in [2.75, 3.05) is 26.8 Å². The van der Waals surface area contributed by atoms with Gasteiger partial charge in [-0.15, -0.1) is 0 Å². The number of hydrogen-bond acceptors (Lipinski definition) is 3. The smallest absolute Gasteiger partial charge is 0.191 e. The molecule has 0 aromatic heterocycles. The second-order valence-corrected chi connectivity index (χ2v) is 6.34. The number of methoxy groups -OCH3 is 1. The van der Waals surface area contributed by atoms with E-state index in [0.717, 1.165) is 49.8 Å². The van der Waals surface area contributed by atoms with Crippen molar-refractivity contribution < 1.29 is 9.47 Å². The lowest BCUT2D eigenvalue weighted by atomic mass is 10.0. The summed E-state index contributed by atoms with van der Waals surface area (Å²) in [7, 11) is 1.64. The highest BCUT2D eigenvalue weighted by Gasteiger charge is 2.29. The fourth-order valence-electron chi connectivity index (χ4n) is 2.60. The van der Waals surface area contributed by atoms with Gasteiger partial charge in [-0.1, -0.05) is 17.7 Å². The van der Waals surface area contributed by atoms with E-state index in [0.29, 0.717) is 11.6 Å². The van der Waals surface area contributed by atoms with Gasteiger partial charge in [-0.25, -0.2) is 4.99 Å². The highest BCUT2D eigenvalue weighted by molar-refractivity contribution is 6.30. The third kappa shape index (κ3) is 5.29. The van der Waals surface area contributed by atoms with Gasteiger partial charge < -0.3 is 20.1 Å². The first-order chi connectivity index (χ1) is 11.1. The number of nitrogens with one attached hydrogen (secondary N) is 2. The van der Waals surface area contributed by atoms with Crippen molar-refractivity contribution >= 4 is 17.6 Å². The second-order valence-electron chi connectivity index (χ2n) is 5.91. The lowest BCUT2D eigenvalue weighted by Gasteiger charge is -2.24. The zero-order valence-corrected chi connectivity index (χ0v) is 14.9. The Hall–Kier alpha value is -1.46. The summed E-state index contributed by atoms with van der Waals surface area (Å²) in [6.07, 6.45) is 2.19. The Kier molecular flexibility index (Phi) is 6.54. The fourth-order valence-corrected chi connectivity index (χ4v) is 2.76. The van der Waals surface area contributed by atoms with Gasteiger partial charge in [0, 0.05) is 30.3 Å². The van der Waals surface area contributed by atoms with Crippen LogP contribution in [0.3, 0.4) is 0 Å². The molecule has 0 saturated carbocycles. The SMILES string of the molecule is CCNC(=NCc1ccc(Cl)cc1OC)NCC1(C)CCCO1. The van der Waals surface area contributed by atoms with Gasteiger partial charge in [0.1, 0.15) is 5.75 Å². The minimum absolute atomic E-state index is 0.103. The van der Waals surface area contributed by atoms with Crippen LogP contribution in [0.4, 0.5) is 0 Å². The number of halogens is 1. The van der Waals surface area contributed by atoms with E-state index in [2.05, 4.69) is 22.5 Å². The molecule has 1 saturated heterocycles. The molecule has 1 aromatic carbocycles. The molecule has 1 atom stereocenters. The summed E-state index contributed by atoms with van der Waals surface area (Å²) in [5.41, 5.74) is 0.895. The van der Waals surface area contributed by atoms with Gasteiger partial charge in [-0.2, -0.15) is 0 Å². The highest BCUT2D eigenvalue weighted by Crippen LogP contribution is 2.24. The van der Waals surface area contributed by atoms with Crippen molar-refractivity contribution in [2.45, 2.75) is 38.8 Å². The van der Waals surface area contributed by atoms with Crippen LogP contribution in [0.5, 0.6) is 5.75 Å². The zero-order chi connectivity index (χ0) is 16.7. The molecule has 0 spiro atoms. The molecule has 1 heterocycles. The highest BCUT2D eigenvalue weighted by atomic mass is 35.5. The van der Waals surface area contributed by atoms with Crippen LogP contribution in [-0.4, -0.2) is 38.4 Å². The summed E-state index contributed by atoms with van der Waals surface area (Å²) in [5.74, 6) is 1.53. The van der Waals surface area contributed by atoms with Gasteiger partial charge in [0.25, 0.3) is 0 Å². The minimum Gasteiger partial charge on any atom is -0.496 e. The Bertz CT molecular complexity index is 543. The maximum Gasteiger partial charge on any atom is 0.191 e. The van der Waals surface area contributed by atoms with E-state index in [-0.39, 0.29) is 5.60 Å². The van der Waals surface area contributed by atoms with E-state index < -0.39 is 0 Å². The predicted molar refractivity (Wildman–Crippen MR) is 94.4 cm³/mol. The average molecular weight is 340 g/mol. The first-order valence-electron chi connectivity index (χ1n) is 8.05. The minimum atomic E-state index is -0.103. The standard InChI is InChI=1S/C17H26ClN3O2/c1-4-19-16(21-12-17(2)8-5-9-23-17)20-11-13-6-7-14(18)10-15(13)22-3/h6-7,10H,4-5,8-9,11-12H2,1-3H3,(H2,19,20,21). The topological polar surface area (TPSA) is 54.9 Å². The summed E-state index contributed by atoms with van der Waals surface area (Å²) >= 11 is 5.99. The molecule has 128 valence electrons. The van der Waals surface area contributed by atoms with Crippen molar-refractivity contribution in [3.63, 3.8) is 0 Å². The first kappa shape index (κ1) is 17.9. The molecule has 0 aliphatic carbocycles. The molecule has 2 rings (SSSR count). The molecular formula is C17H26ClN3O2. The van der Waals surface area contributed by atoms with E-state index in [9.17, 15) is 0 Å². The lowest BCUT2D eigenvalue weighted by Crippen LogP contribution is -2.45. The normalized spacial score (nSPS) is 21.3. The molecule has 1 aromatic rings. The predicted octanol–water partition coefficient (Wildman–Crippen LogP) is 2.97. The largest absolute Gasteiger partial charge is 0.496 e. The molecule has 1 unspecified atom stereocenters. The Morgan fingerprint density at radius 3 is 2.91 bits per heavy atom. The molecule has 23 heavy (non-hydrogen) atoms. The van der Waals surface area contributed by atoms with E-state index >= 15 is 0 Å². The molecule has 0 amide bonds. The quantitative estimate of drug-likeness (QED) is 0.618. The fraction of sp³-hybridized carbons (Fsp3) is 0.588.